The molecule has 0 saturated heterocycles. The van der Waals surface area contributed by atoms with E-state index in [0.717, 1.165) is 0 Å². The van der Waals surface area contributed by atoms with Gasteiger partial charge in [-0.25, -0.2) is 0 Å². The van der Waals surface area contributed by atoms with E-state index >= 15 is 0 Å². The number of nitrogens with one attached hydrogen (secondary N) is 2. The van der Waals surface area contributed by atoms with Crippen LogP contribution in [0.3, 0.4) is 0 Å². The Morgan fingerprint density at radius 1 is 0.971 bits per heavy atom. The fourth-order valence-corrected chi connectivity index (χ4v) is 3.39. The quantitative estimate of drug-likeness (QED) is 0.226. The lowest BCUT2D eigenvalue weighted by Crippen LogP contribution is -2.31. The Bertz CT molecular complexity index is 1290. The van der Waals surface area contributed by atoms with Crippen LogP contribution in [0.4, 0.5) is 11.4 Å². The number of methoxy groups -OCH3 is 1. The van der Waals surface area contributed by atoms with Gasteiger partial charge in [-0.05, 0) is 60.2 Å². The van der Waals surface area contributed by atoms with Crippen molar-refractivity contribution in [3.63, 3.8) is 0 Å². The number of hydrogen-bond donors (Lipinski definition) is 2. The number of rotatable bonds is 7. The lowest BCUT2D eigenvalue weighted by molar-refractivity contribution is -0.384. The Hall–Kier alpha value is -3.59. The van der Waals surface area contributed by atoms with Gasteiger partial charge >= 0.3 is 0 Å². The van der Waals surface area contributed by atoms with E-state index in [-0.39, 0.29) is 32.7 Å². The molecule has 0 bridgehead atoms. The molecule has 0 atom stereocenters. The molecule has 0 fully saturated rings. The maximum Gasteiger partial charge on any atom is 0.272 e. The average molecular weight is 521 g/mol. The van der Waals surface area contributed by atoms with Crippen molar-refractivity contribution in [3.05, 3.63) is 103 Å². The molecule has 3 aromatic carbocycles. The predicted molar refractivity (Wildman–Crippen MR) is 132 cm³/mol. The molecular weight excluding hydrogens is 505 g/mol. The topological polar surface area (TPSA) is 111 Å². The second-order valence-electron chi connectivity index (χ2n) is 6.78. The predicted octanol–water partition coefficient (Wildman–Crippen LogP) is 5.97. The summed E-state index contributed by atoms with van der Waals surface area (Å²) >= 11 is 18.3. The number of nitrogens with zero attached hydrogens (tertiary/aromatic N) is 1. The zero-order valence-corrected chi connectivity index (χ0v) is 19.7. The summed E-state index contributed by atoms with van der Waals surface area (Å²) in [7, 11) is 1.46. The first-order valence-electron chi connectivity index (χ1n) is 9.55. The molecule has 0 aliphatic carbocycles. The Balaban J connectivity index is 1.95. The molecular formula is C23H16Cl3N3O5. The summed E-state index contributed by atoms with van der Waals surface area (Å²) < 4.78 is 5.08. The molecule has 0 radical (unpaired) electrons. The third-order valence-electron chi connectivity index (χ3n) is 4.51. The average Bonchev–Trinajstić information content (AvgIpc) is 2.81. The number of anilines is 1. The molecule has 3 aromatic rings. The van der Waals surface area contributed by atoms with Crippen LogP contribution in [-0.2, 0) is 4.79 Å². The van der Waals surface area contributed by atoms with Crippen LogP contribution in [0.15, 0.2) is 66.4 Å². The van der Waals surface area contributed by atoms with Gasteiger partial charge in [0.05, 0.1) is 33.3 Å². The van der Waals surface area contributed by atoms with Crippen molar-refractivity contribution in [1.82, 2.24) is 5.32 Å². The highest BCUT2D eigenvalue weighted by Crippen LogP contribution is 2.26. The summed E-state index contributed by atoms with van der Waals surface area (Å²) in [6, 6.07) is 14.4. The van der Waals surface area contributed by atoms with Gasteiger partial charge in [-0.1, -0.05) is 34.8 Å². The number of nitro groups is 1. The van der Waals surface area contributed by atoms with Gasteiger partial charge in [0.1, 0.15) is 11.4 Å². The highest BCUT2D eigenvalue weighted by Gasteiger charge is 2.18. The molecule has 0 saturated carbocycles. The van der Waals surface area contributed by atoms with E-state index in [1.165, 1.54) is 61.7 Å². The van der Waals surface area contributed by atoms with Crippen LogP contribution >= 0.6 is 34.8 Å². The minimum absolute atomic E-state index is 0.102. The third-order valence-corrected chi connectivity index (χ3v) is 5.38. The lowest BCUT2D eigenvalue weighted by Gasteiger charge is -2.13. The number of halogens is 3. The molecule has 2 amide bonds. The van der Waals surface area contributed by atoms with Gasteiger partial charge in [-0.2, -0.15) is 0 Å². The molecule has 0 aliphatic rings. The van der Waals surface area contributed by atoms with Crippen LogP contribution in [-0.4, -0.2) is 23.8 Å². The van der Waals surface area contributed by atoms with Gasteiger partial charge in [-0.15, -0.1) is 0 Å². The fraction of sp³-hybridized carbons (Fsp3) is 0.0435. The maximum absolute atomic E-state index is 13.1. The van der Waals surface area contributed by atoms with Crippen molar-refractivity contribution in [3.8, 4) is 5.75 Å². The first kappa shape index (κ1) is 25.0. The fourth-order valence-electron chi connectivity index (χ4n) is 2.80. The van der Waals surface area contributed by atoms with Gasteiger partial charge in [0.15, 0.2) is 0 Å². The number of ether oxygens (including phenoxy) is 1. The van der Waals surface area contributed by atoms with E-state index in [4.69, 9.17) is 39.5 Å². The summed E-state index contributed by atoms with van der Waals surface area (Å²) in [6.07, 6.45) is 1.35. The molecule has 174 valence electrons. The normalized spacial score (nSPS) is 11.0. The number of carbonyl (C=O) groups is 2. The molecule has 0 spiro atoms. The molecule has 11 heteroatoms. The Morgan fingerprint density at radius 2 is 1.68 bits per heavy atom. The number of benzene rings is 3. The first-order valence-corrected chi connectivity index (χ1v) is 10.7. The van der Waals surface area contributed by atoms with Crippen LogP contribution in [0.25, 0.3) is 6.08 Å². The third kappa shape index (κ3) is 6.26. The maximum atomic E-state index is 13.1. The Morgan fingerprint density at radius 3 is 2.29 bits per heavy atom. The summed E-state index contributed by atoms with van der Waals surface area (Å²) in [6.45, 7) is 0. The minimum Gasteiger partial charge on any atom is -0.497 e. The number of amides is 2. The van der Waals surface area contributed by atoms with Crippen molar-refractivity contribution >= 4 is 64.1 Å². The van der Waals surface area contributed by atoms with E-state index in [1.54, 1.807) is 12.1 Å². The summed E-state index contributed by atoms with van der Waals surface area (Å²) in [5.74, 6) is -0.912. The molecule has 8 nitrogen and oxygen atoms in total. The van der Waals surface area contributed by atoms with Crippen molar-refractivity contribution in [1.29, 1.82) is 0 Å². The first-order chi connectivity index (χ1) is 16.2. The highest BCUT2D eigenvalue weighted by molar-refractivity contribution is 6.36. The van der Waals surface area contributed by atoms with E-state index in [1.807, 2.05) is 0 Å². The zero-order chi connectivity index (χ0) is 24.8. The Kier molecular flexibility index (Phi) is 8.12. The Labute approximate surface area is 209 Å². The SMILES string of the molecule is COc1ccc(C(=O)NC(=Cc2ccc([N+](=O)[O-])cc2)C(=O)Nc2cc(Cl)ccc2Cl)c(Cl)c1. The van der Waals surface area contributed by atoms with Crippen LogP contribution in [0.5, 0.6) is 5.75 Å². The van der Waals surface area contributed by atoms with Crippen LogP contribution in [0.2, 0.25) is 15.1 Å². The second-order valence-corrected chi connectivity index (χ2v) is 8.04. The highest BCUT2D eigenvalue weighted by atomic mass is 35.5. The summed E-state index contributed by atoms with van der Waals surface area (Å²) in [5.41, 5.74) is 0.468. The lowest BCUT2D eigenvalue weighted by atomic mass is 10.1. The monoisotopic (exact) mass is 519 g/mol. The van der Waals surface area contributed by atoms with Crippen LogP contribution in [0, 0.1) is 10.1 Å². The second kappa shape index (κ2) is 11.0. The van der Waals surface area contributed by atoms with Gasteiger partial charge in [-0.3, -0.25) is 19.7 Å². The van der Waals surface area contributed by atoms with Gasteiger partial charge in [0.25, 0.3) is 17.5 Å². The van der Waals surface area contributed by atoms with Gasteiger partial charge < -0.3 is 15.4 Å². The van der Waals surface area contributed by atoms with Crippen molar-refractivity contribution in [2.75, 3.05) is 12.4 Å². The van der Waals surface area contributed by atoms with Gasteiger partial charge in [0, 0.05) is 17.2 Å². The van der Waals surface area contributed by atoms with E-state index in [0.29, 0.717) is 16.3 Å². The van der Waals surface area contributed by atoms with E-state index < -0.39 is 16.7 Å². The molecule has 0 aliphatic heterocycles. The molecule has 3 rings (SSSR count). The number of hydrogen-bond acceptors (Lipinski definition) is 5. The number of non-ortho nitro benzene ring substituents is 1. The van der Waals surface area contributed by atoms with Crippen molar-refractivity contribution in [2.45, 2.75) is 0 Å². The van der Waals surface area contributed by atoms with E-state index in [2.05, 4.69) is 10.6 Å². The number of carbonyl (C=O) groups excluding carboxylic acids is 2. The minimum atomic E-state index is -0.708. The molecule has 0 unspecified atom stereocenters. The zero-order valence-electron chi connectivity index (χ0n) is 17.5. The molecule has 0 heterocycles. The van der Waals surface area contributed by atoms with Crippen molar-refractivity contribution < 1.29 is 19.2 Å². The molecule has 0 aromatic heterocycles. The van der Waals surface area contributed by atoms with Crippen LogP contribution < -0.4 is 15.4 Å². The smallest absolute Gasteiger partial charge is 0.272 e. The van der Waals surface area contributed by atoms with Gasteiger partial charge in [0.2, 0.25) is 0 Å². The standard InChI is InChI=1S/C23H16Cl3N3O5/c1-34-16-7-8-17(19(26)12-16)22(30)28-21(10-13-2-5-15(6-3-13)29(32)33)23(31)27-20-11-14(24)4-9-18(20)25/h2-12H,1H3,(H,27,31)(H,28,30). The molecule has 2 N–H and O–H groups in total. The van der Waals surface area contributed by atoms with Crippen LogP contribution in [0.1, 0.15) is 15.9 Å². The van der Waals surface area contributed by atoms with Crippen molar-refractivity contribution in [2.24, 2.45) is 0 Å². The molecule has 34 heavy (non-hydrogen) atoms. The largest absolute Gasteiger partial charge is 0.497 e. The summed E-state index contributed by atoms with van der Waals surface area (Å²) in [5, 5.41) is 16.7. The summed E-state index contributed by atoms with van der Waals surface area (Å²) in [4.78, 5) is 36.3. The van der Waals surface area contributed by atoms with E-state index in [9.17, 15) is 19.7 Å². The number of nitro benzene ring substituents is 1.